The molecule has 2 aromatic rings. The van der Waals surface area contributed by atoms with Crippen LogP contribution in [0.3, 0.4) is 0 Å². The molecule has 3 nitrogen and oxygen atoms in total. The number of pyridine rings is 1. The molecule has 0 aliphatic carbocycles. The van der Waals surface area contributed by atoms with Crippen molar-refractivity contribution >= 4 is 34.7 Å². The largest absolute Gasteiger partial charge is 0.338 e. The third-order valence-corrected chi connectivity index (χ3v) is 2.89. The van der Waals surface area contributed by atoms with E-state index >= 15 is 0 Å². The fourth-order valence-corrected chi connectivity index (χ4v) is 1.92. The van der Waals surface area contributed by atoms with Crippen molar-refractivity contribution in [1.29, 1.82) is 5.26 Å². The zero-order valence-corrected chi connectivity index (χ0v) is 11.0. The molecular formula is C13H9Cl2N3. The molecule has 0 fully saturated rings. The maximum Gasteiger partial charge on any atom is 0.148 e. The lowest BCUT2D eigenvalue weighted by Crippen LogP contribution is -1.98. The monoisotopic (exact) mass is 277 g/mol. The summed E-state index contributed by atoms with van der Waals surface area (Å²) in [6, 6.07) is 10.7. The smallest absolute Gasteiger partial charge is 0.148 e. The first-order chi connectivity index (χ1) is 8.60. The molecule has 0 saturated carbocycles. The molecule has 1 heterocycles. The van der Waals surface area contributed by atoms with E-state index in [4.69, 9.17) is 28.5 Å². The number of rotatable bonds is 2. The summed E-state index contributed by atoms with van der Waals surface area (Å²) in [6.07, 6.45) is 0. The molecule has 2 rings (SSSR count). The highest BCUT2D eigenvalue weighted by molar-refractivity contribution is 6.36. The number of benzene rings is 1. The Hall–Kier alpha value is -1.76. The molecule has 0 unspecified atom stereocenters. The van der Waals surface area contributed by atoms with Gasteiger partial charge in [-0.25, -0.2) is 4.98 Å². The molecule has 0 bridgehead atoms. The van der Waals surface area contributed by atoms with E-state index < -0.39 is 0 Å². The van der Waals surface area contributed by atoms with E-state index in [2.05, 4.69) is 16.4 Å². The van der Waals surface area contributed by atoms with Crippen LogP contribution in [0.4, 0.5) is 11.5 Å². The summed E-state index contributed by atoms with van der Waals surface area (Å²) in [5.41, 5.74) is 1.95. The number of nitrogens with zero attached hydrogens (tertiary/aromatic N) is 2. The Balaban J connectivity index is 2.40. The summed E-state index contributed by atoms with van der Waals surface area (Å²) in [4.78, 5) is 4.28. The van der Waals surface area contributed by atoms with Crippen LogP contribution in [0.5, 0.6) is 0 Å². The van der Waals surface area contributed by atoms with Crippen LogP contribution < -0.4 is 5.32 Å². The quantitative estimate of drug-likeness (QED) is 0.890. The van der Waals surface area contributed by atoms with Gasteiger partial charge < -0.3 is 5.32 Å². The van der Waals surface area contributed by atoms with Crippen LogP contribution >= 0.6 is 23.2 Å². The number of halogens is 2. The van der Waals surface area contributed by atoms with Crippen LogP contribution in [0.25, 0.3) is 0 Å². The molecule has 0 radical (unpaired) electrons. The molecule has 0 aliphatic heterocycles. The summed E-state index contributed by atoms with van der Waals surface area (Å²) >= 11 is 11.9. The lowest BCUT2D eigenvalue weighted by molar-refractivity contribution is 1.19. The molecule has 0 atom stereocenters. The van der Waals surface area contributed by atoms with Gasteiger partial charge in [0.15, 0.2) is 0 Å². The van der Waals surface area contributed by atoms with Crippen LogP contribution in [0, 0.1) is 18.3 Å². The van der Waals surface area contributed by atoms with Crippen molar-refractivity contribution in [3.05, 3.63) is 51.6 Å². The minimum absolute atomic E-state index is 0.464. The molecule has 1 N–H and O–H groups in total. The van der Waals surface area contributed by atoms with Gasteiger partial charge in [-0.3, -0.25) is 0 Å². The van der Waals surface area contributed by atoms with Crippen molar-refractivity contribution < 1.29 is 0 Å². The first-order valence-electron chi connectivity index (χ1n) is 5.20. The minimum atomic E-state index is 0.464. The van der Waals surface area contributed by atoms with Crippen LogP contribution in [-0.2, 0) is 0 Å². The van der Waals surface area contributed by atoms with Crippen LogP contribution in [0.15, 0.2) is 30.3 Å². The Kier molecular flexibility index (Phi) is 3.71. The standard InChI is InChI=1S/C13H9Cl2N3/c1-8-2-3-9(7-16)13(17-8)18-12-5-4-10(14)6-11(12)15/h2-6H,1H3,(H,17,18). The first kappa shape index (κ1) is 12.7. The van der Waals surface area contributed by atoms with Gasteiger partial charge in [-0.1, -0.05) is 23.2 Å². The molecule has 1 aromatic carbocycles. The summed E-state index contributed by atoms with van der Waals surface area (Å²) in [7, 11) is 0. The number of aromatic nitrogens is 1. The maximum atomic E-state index is 9.02. The number of nitriles is 1. The maximum absolute atomic E-state index is 9.02. The van der Waals surface area contributed by atoms with E-state index in [9.17, 15) is 0 Å². The number of nitrogens with one attached hydrogen (secondary N) is 1. The predicted octanol–water partition coefficient (Wildman–Crippen LogP) is 4.31. The summed E-state index contributed by atoms with van der Waals surface area (Å²) in [5.74, 6) is 0.488. The van der Waals surface area contributed by atoms with Gasteiger partial charge in [0.05, 0.1) is 16.3 Å². The van der Waals surface area contributed by atoms with Crippen LogP contribution in [0.2, 0.25) is 10.0 Å². The van der Waals surface area contributed by atoms with Gasteiger partial charge in [0.1, 0.15) is 11.9 Å². The van der Waals surface area contributed by atoms with Gasteiger partial charge in [-0.2, -0.15) is 5.26 Å². The van der Waals surface area contributed by atoms with Crippen molar-refractivity contribution in [2.24, 2.45) is 0 Å². The molecule has 90 valence electrons. The van der Waals surface area contributed by atoms with Crippen LogP contribution in [0.1, 0.15) is 11.3 Å². The third-order valence-electron chi connectivity index (χ3n) is 2.34. The Morgan fingerprint density at radius 1 is 1.22 bits per heavy atom. The zero-order chi connectivity index (χ0) is 13.1. The van der Waals surface area contributed by atoms with E-state index in [1.807, 2.05) is 6.92 Å². The first-order valence-corrected chi connectivity index (χ1v) is 5.95. The average Bonchev–Trinajstić information content (AvgIpc) is 2.33. The number of hydrogen-bond donors (Lipinski definition) is 1. The van der Waals surface area contributed by atoms with Gasteiger partial charge in [-0.05, 0) is 37.3 Å². The van der Waals surface area contributed by atoms with E-state index in [1.54, 1.807) is 30.3 Å². The number of hydrogen-bond acceptors (Lipinski definition) is 3. The van der Waals surface area contributed by atoms with E-state index in [1.165, 1.54) is 0 Å². The van der Waals surface area contributed by atoms with Gasteiger partial charge in [0.2, 0.25) is 0 Å². The molecule has 0 aliphatic rings. The predicted molar refractivity (Wildman–Crippen MR) is 73.4 cm³/mol. The average molecular weight is 278 g/mol. The molecule has 0 amide bonds. The van der Waals surface area contributed by atoms with Crippen molar-refractivity contribution in [3.8, 4) is 6.07 Å². The molecule has 5 heteroatoms. The van der Waals surface area contributed by atoms with Gasteiger partial charge in [0, 0.05) is 10.7 Å². The summed E-state index contributed by atoms with van der Waals surface area (Å²) in [5, 5.41) is 13.1. The fourth-order valence-electron chi connectivity index (χ4n) is 1.46. The molecular weight excluding hydrogens is 269 g/mol. The SMILES string of the molecule is Cc1ccc(C#N)c(Nc2ccc(Cl)cc2Cl)n1. The lowest BCUT2D eigenvalue weighted by Gasteiger charge is -2.09. The number of anilines is 2. The minimum Gasteiger partial charge on any atom is -0.338 e. The van der Waals surface area contributed by atoms with Gasteiger partial charge >= 0.3 is 0 Å². The molecule has 18 heavy (non-hydrogen) atoms. The highest BCUT2D eigenvalue weighted by atomic mass is 35.5. The Morgan fingerprint density at radius 3 is 2.67 bits per heavy atom. The molecule has 0 saturated heterocycles. The third kappa shape index (κ3) is 2.73. The summed E-state index contributed by atoms with van der Waals surface area (Å²) < 4.78 is 0. The van der Waals surface area contributed by atoms with Crippen LogP contribution in [-0.4, -0.2) is 4.98 Å². The van der Waals surface area contributed by atoms with E-state index in [0.717, 1.165) is 5.69 Å². The second-order valence-corrected chi connectivity index (χ2v) is 4.55. The van der Waals surface area contributed by atoms with Crippen molar-refractivity contribution in [1.82, 2.24) is 4.98 Å². The van der Waals surface area contributed by atoms with Crippen molar-refractivity contribution in [2.75, 3.05) is 5.32 Å². The molecule has 0 spiro atoms. The topological polar surface area (TPSA) is 48.7 Å². The van der Waals surface area contributed by atoms with Gasteiger partial charge in [0.25, 0.3) is 0 Å². The van der Waals surface area contributed by atoms with E-state index in [-0.39, 0.29) is 0 Å². The van der Waals surface area contributed by atoms with Crippen molar-refractivity contribution in [3.63, 3.8) is 0 Å². The molecule has 1 aromatic heterocycles. The summed E-state index contributed by atoms with van der Waals surface area (Å²) in [6.45, 7) is 1.86. The highest BCUT2D eigenvalue weighted by Crippen LogP contribution is 2.28. The lowest BCUT2D eigenvalue weighted by atomic mass is 10.2. The van der Waals surface area contributed by atoms with Crippen molar-refractivity contribution in [2.45, 2.75) is 6.92 Å². The van der Waals surface area contributed by atoms with Gasteiger partial charge in [-0.15, -0.1) is 0 Å². The Labute approximate surface area is 115 Å². The Morgan fingerprint density at radius 2 is 2.00 bits per heavy atom. The van der Waals surface area contributed by atoms with E-state index in [0.29, 0.717) is 27.1 Å². The Bertz CT molecular complexity index is 633. The zero-order valence-electron chi connectivity index (χ0n) is 9.54. The highest BCUT2D eigenvalue weighted by Gasteiger charge is 2.07. The second kappa shape index (κ2) is 5.26. The fraction of sp³-hybridized carbons (Fsp3) is 0.0769. The normalized spacial score (nSPS) is 9.89. The second-order valence-electron chi connectivity index (χ2n) is 3.71. The number of aryl methyl sites for hydroxylation is 1.